The molecule has 2 aromatic rings. The van der Waals surface area contributed by atoms with E-state index in [2.05, 4.69) is 5.10 Å². The number of nitrogens with zero attached hydrogens (tertiary/aromatic N) is 2. The van der Waals surface area contributed by atoms with Gasteiger partial charge in [-0.25, -0.2) is 4.68 Å². The van der Waals surface area contributed by atoms with E-state index >= 15 is 0 Å². The van der Waals surface area contributed by atoms with Crippen molar-refractivity contribution in [2.24, 2.45) is 5.73 Å². The molecule has 1 aromatic carbocycles. The van der Waals surface area contributed by atoms with Crippen molar-refractivity contribution in [3.8, 4) is 5.69 Å². The predicted molar refractivity (Wildman–Crippen MR) is 62.5 cm³/mol. The molecule has 0 spiro atoms. The maximum atomic E-state index is 11.5. The van der Waals surface area contributed by atoms with E-state index in [0.717, 1.165) is 11.4 Å². The van der Waals surface area contributed by atoms with Crippen molar-refractivity contribution >= 4 is 0 Å². The topological polar surface area (TPSA) is 60.9 Å². The molecule has 0 aliphatic heterocycles. The van der Waals surface area contributed by atoms with Gasteiger partial charge in [-0.2, -0.15) is 5.10 Å². The van der Waals surface area contributed by atoms with Crippen LogP contribution in [-0.4, -0.2) is 9.78 Å². The molecule has 2 N–H and O–H groups in total. The Bertz CT molecular complexity index is 546. The number of hydrogen-bond donors (Lipinski definition) is 1. The average Bonchev–Trinajstić information content (AvgIpc) is 2.30. The van der Waals surface area contributed by atoms with Crippen LogP contribution in [0.4, 0.5) is 0 Å². The molecule has 0 unspecified atom stereocenters. The summed E-state index contributed by atoms with van der Waals surface area (Å²) in [5.74, 6) is 0. The Morgan fingerprint density at radius 1 is 1.31 bits per heavy atom. The SMILES string of the molecule is Cc1cc(=O)c(CN)nn1-c1ccccc1. The van der Waals surface area contributed by atoms with Crippen LogP contribution in [0.3, 0.4) is 0 Å². The summed E-state index contributed by atoms with van der Waals surface area (Å²) < 4.78 is 1.73. The number of nitrogens with two attached hydrogens (primary N) is 1. The van der Waals surface area contributed by atoms with Gasteiger partial charge in [0.25, 0.3) is 0 Å². The molecule has 0 radical (unpaired) electrons. The molecule has 0 aliphatic carbocycles. The fourth-order valence-electron chi connectivity index (χ4n) is 1.56. The Hall–Kier alpha value is -1.94. The predicted octanol–water partition coefficient (Wildman–Crippen LogP) is 1.000. The maximum absolute atomic E-state index is 11.5. The number of aryl methyl sites for hydroxylation is 1. The molecule has 0 bridgehead atoms. The third-order valence-electron chi connectivity index (χ3n) is 2.37. The number of para-hydroxylation sites is 1. The second-order valence-electron chi connectivity index (χ2n) is 3.55. The minimum Gasteiger partial charge on any atom is -0.325 e. The zero-order valence-electron chi connectivity index (χ0n) is 9.05. The lowest BCUT2D eigenvalue weighted by Gasteiger charge is -2.10. The van der Waals surface area contributed by atoms with Crippen LogP contribution in [0.5, 0.6) is 0 Å². The fraction of sp³-hybridized carbons (Fsp3) is 0.167. The zero-order chi connectivity index (χ0) is 11.5. The van der Waals surface area contributed by atoms with E-state index in [-0.39, 0.29) is 12.0 Å². The van der Waals surface area contributed by atoms with Crippen molar-refractivity contribution in [1.82, 2.24) is 9.78 Å². The Morgan fingerprint density at radius 3 is 2.62 bits per heavy atom. The van der Waals surface area contributed by atoms with Crippen molar-refractivity contribution in [1.29, 1.82) is 0 Å². The van der Waals surface area contributed by atoms with Gasteiger partial charge in [-0.3, -0.25) is 4.79 Å². The largest absolute Gasteiger partial charge is 0.325 e. The highest BCUT2D eigenvalue weighted by Crippen LogP contribution is 2.07. The lowest BCUT2D eigenvalue weighted by atomic mass is 10.3. The van der Waals surface area contributed by atoms with Crippen LogP contribution in [0.2, 0.25) is 0 Å². The van der Waals surface area contributed by atoms with Crippen molar-refractivity contribution in [2.45, 2.75) is 13.5 Å². The molecule has 0 aliphatic rings. The first-order valence-corrected chi connectivity index (χ1v) is 5.07. The molecule has 1 aromatic heterocycles. The van der Waals surface area contributed by atoms with Gasteiger partial charge in [0.05, 0.1) is 5.69 Å². The summed E-state index contributed by atoms with van der Waals surface area (Å²) in [6, 6.07) is 11.2. The van der Waals surface area contributed by atoms with Gasteiger partial charge in [-0.1, -0.05) is 18.2 Å². The van der Waals surface area contributed by atoms with Crippen LogP contribution < -0.4 is 11.2 Å². The third-order valence-corrected chi connectivity index (χ3v) is 2.37. The summed E-state index contributed by atoms with van der Waals surface area (Å²) in [4.78, 5) is 11.5. The van der Waals surface area contributed by atoms with E-state index < -0.39 is 0 Å². The first-order chi connectivity index (χ1) is 7.72. The standard InChI is InChI=1S/C12H13N3O/c1-9-7-12(16)11(8-13)14-15(9)10-5-3-2-4-6-10/h2-7H,8,13H2,1H3. The van der Waals surface area contributed by atoms with Crippen molar-refractivity contribution in [3.63, 3.8) is 0 Å². The Morgan fingerprint density at radius 2 is 2.00 bits per heavy atom. The molecular weight excluding hydrogens is 202 g/mol. The summed E-state index contributed by atoms with van der Waals surface area (Å²) in [7, 11) is 0. The van der Waals surface area contributed by atoms with Crippen LogP contribution in [-0.2, 0) is 6.54 Å². The number of aromatic nitrogens is 2. The molecule has 0 fully saturated rings. The van der Waals surface area contributed by atoms with Crippen molar-refractivity contribution in [2.75, 3.05) is 0 Å². The smallest absolute Gasteiger partial charge is 0.204 e. The monoisotopic (exact) mass is 215 g/mol. The Balaban J connectivity index is 2.62. The molecule has 1 heterocycles. The summed E-state index contributed by atoms with van der Waals surface area (Å²) in [5, 5.41) is 4.24. The number of hydrogen-bond acceptors (Lipinski definition) is 3. The van der Waals surface area contributed by atoms with E-state index in [9.17, 15) is 4.79 Å². The second kappa shape index (κ2) is 4.28. The summed E-state index contributed by atoms with van der Waals surface area (Å²) >= 11 is 0. The highest BCUT2D eigenvalue weighted by Gasteiger charge is 2.05. The van der Waals surface area contributed by atoms with Crippen molar-refractivity contribution in [3.05, 3.63) is 58.0 Å². The van der Waals surface area contributed by atoms with Gasteiger partial charge in [-0.15, -0.1) is 0 Å². The fourth-order valence-corrected chi connectivity index (χ4v) is 1.56. The van der Waals surface area contributed by atoms with Gasteiger partial charge in [0.2, 0.25) is 5.43 Å². The van der Waals surface area contributed by atoms with Crippen LogP contribution in [0.15, 0.2) is 41.2 Å². The van der Waals surface area contributed by atoms with E-state index in [1.807, 2.05) is 37.3 Å². The van der Waals surface area contributed by atoms with E-state index in [0.29, 0.717) is 5.69 Å². The molecule has 82 valence electrons. The van der Waals surface area contributed by atoms with Crippen LogP contribution >= 0.6 is 0 Å². The molecule has 0 amide bonds. The highest BCUT2D eigenvalue weighted by molar-refractivity contribution is 5.32. The minimum atomic E-state index is -0.104. The third kappa shape index (κ3) is 1.87. The molecule has 2 rings (SSSR count). The molecule has 0 saturated heterocycles. The highest BCUT2D eigenvalue weighted by atomic mass is 16.1. The quantitative estimate of drug-likeness (QED) is 0.813. The number of rotatable bonds is 2. The Kier molecular flexibility index (Phi) is 2.83. The first kappa shape index (κ1) is 10.6. The van der Waals surface area contributed by atoms with Crippen LogP contribution in [0, 0.1) is 6.92 Å². The zero-order valence-corrected chi connectivity index (χ0v) is 9.05. The van der Waals surface area contributed by atoms with Crippen LogP contribution in [0.25, 0.3) is 5.69 Å². The Labute approximate surface area is 93.3 Å². The molecule has 0 saturated carbocycles. The maximum Gasteiger partial charge on any atom is 0.204 e. The second-order valence-corrected chi connectivity index (χ2v) is 3.55. The lowest BCUT2D eigenvalue weighted by Crippen LogP contribution is -2.21. The molecule has 4 nitrogen and oxygen atoms in total. The molecule has 4 heteroatoms. The van der Waals surface area contributed by atoms with E-state index in [1.165, 1.54) is 0 Å². The summed E-state index contributed by atoms with van der Waals surface area (Å²) in [5.41, 5.74) is 7.48. The van der Waals surface area contributed by atoms with Gasteiger partial charge in [0.15, 0.2) is 0 Å². The van der Waals surface area contributed by atoms with Gasteiger partial charge in [-0.05, 0) is 19.1 Å². The average molecular weight is 215 g/mol. The summed E-state index contributed by atoms with van der Waals surface area (Å²) in [6.45, 7) is 2.01. The van der Waals surface area contributed by atoms with Gasteiger partial charge in [0, 0.05) is 18.3 Å². The first-order valence-electron chi connectivity index (χ1n) is 5.07. The minimum absolute atomic E-state index is 0.104. The number of benzene rings is 1. The van der Waals surface area contributed by atoms with Crippen LogP contribution in [0.1, 0.15) is 11.4 Å². The molecular formula is C12H13N3O. The van der Waals surface area contributed by atoms with E-state index in [1.54, 1.807) is 10.7 Å². The van der Waals surface area contributed by atoms with E-state index in [4.69, 9.17) is 5.73 Å². The van der Waals surface area contributed by atoms with Gasteiger partial charge < -0.3 is 5.73 Å². The molecule has 16 heavy (non-hydrogen) atoms. The van der Waals surface area contributed by atoms with Gasteiger partial charge in [0.1, 0.15) is 5.69 Å². The van der Waals surface area contributed by atoms with Crippen molar-refractivity contribution < 1.29 is 0 Å². The lowest BCUT2D eigenvalue weighted by molar-refractivity contribution is 0.750. The van der Waals surface area contributed by atoms with Gasteiger partial charge >= 0.3 is 0 Å². The molecule has 0 atom stereocenters. The summed E-state index contributed by atoms with van der Waals surface area (Å²) in [6.07, 6.45) is 0. The normalized spacial score (nSPS) is 10.4.